The van der Waals surface area contributed by atoms with Crippen LogP contribution in [0.3, 0.4) is 0 Å². The van der Waals surface area contributed by atoms with Crippen LogP contribution >= 0.6 is 0 Å². The normalized spacial score (nSPS) is 11.4. The molecule has 0 saturated heterocycles. The lowest BCUT2D eigenvalue weighted by molar-refractivity contribution is -0.274. The quantitative estimate of drug-likeness (QED) is 0.167. The van der Waals surface area contributed by atoms with Gasteiger partial charge in [-0.2, -0.15) is 0 Å². The summed E-state index contributed by atoms with van der Waals surface area (Å²) in [4.78, 5) is 27.5. The highest BCUT2D eigenvalue weighted by atomic mass is 19.4. The molecule has 0 radical (unpaired) electrons. The summed E-state index contributed by atoms with van der Waals surface area (Å²) >= 11 is 0. The fraction of sp³-hybridized carbons (Fsp3) is 0.346. The Balaban J connectivity index is 1.58. The molecule has 38 heavy (non-hydrogen) atoms. The Kier molecular flexibility index (Phi) is 10.3. The average Bonchev–Trinajstić information content (AvgIpc) is 2.88. The summed E-state index contributed by atoms with van der Waals surface area (Å²) in [6.07, 6.45) is -2.16. The number of carbonyl (C=O) groups excluding carboxylic acids is 1. The van der Waals surface area contributed by atoms with Gasteiger partial charge in [-0.3, -0.25) is 0 Å². The third-order valence-electron chi connectivity index (χ3n) is 5.07. The maximum absolute atomic E-state index is 12.8. The second-order valence-corrected chi connectivity index (χ2v) is 7.68. The molecule has 2 heterocycles. The minimum atomic E-state index is -4.87. The predicted molar refractivity (Wildman–Crippen MR) is 130 cm³/mol. The van der Waals surface area contributed by atoms with Crippen LogP contribution in [0, 0.1) is 0 Å². The van der Waals surface area contributed by atoms with Gasteiger partial charge >= 0.3 is 18.0 Å². The molecule has 9 nitrogen and oxygen atoms in total. The van der Waals surface area contributed by atoms with Crippen molar-refractivity contribution in [2.24, 2.45) is 0 Å². The van der Waals surface area contributed by atoms with Gasteiger partial charge in [0.25, 0.3) is 0 Å². The smallest absolute Gasteiger partial charge is 0.475 e. The van der Waals surface area contributed by atoms with Gasteiger partial charge in [-0.15, -0.1) is 13.2 Å². The highest BCUT2D eigenvalue weighted by molar-refractivity contribution is 5.82. The van der Waals surface area contributed by atoms with Crippen molar-refractivity contribution in [1.29, 1.82) is 0 Å². The number of rotatable bonds is 14. The van der Waals surface area contributed by atoms with Gasteiger partial charge < -0.3 is 28.1 Å². The molecule has 0 amide bonds. The van der Waals surface area contributed by atoms with Gasteiger partial charge in [0.15, 0.2) is 5.58 Å². The Bertz CT molecular complexity index is 1310. The maximum Gasteiger partial charge on any atom is 0.573 e. The number of carbonyl (C=O) groups is 1. The minimum absolute atomic E-state index is 0.0620. The molecule has 0 spiro atoms. The number of halogens is 3. The van der Waals surface area contributed by atoms with Gasteiger partial charge in [0.2, 0.25) is 5.88 Å². The topological polar surface area (TPSA) is 106 Å². The average molecular weight is 537 g/mol. The Hall–Kier alpha value is -3.90. The van der Waals surface area contributed by atoms with E-state index in [1.165, 1.54) is 24.4 Å². The van der Waals surface area contributed by atoms with Gasteiger partial charge in [0.05, 0.1) is 38.2 Å². The van der Waals surface area contributed by atoms with Crippen molar-refractivity contribution in [1.82, 2.24) is 4.98 Å². The van der Waals surface area contributed by atoms with Crippen LogP contribution in [0.5, 0.6) is 11.6 Å². The zero-order valence-corrected chi connectivity index (χ0v) is 20.5. The summed E-state index contributed by atoms with van der Waals surface area (Å²) < 4.78 is 68.9. The molecular weight excluding hydrogens is 511 g/mol. The van der Waals surface area contributed by atoms with Crippen molar-refractivity contribution in [2.45, 2.75) is 19.7 Å². The van der Waals surface area contributed by atoms with Gasteiger partial charge in [-0.1, -0.05) is 25.6 Å². The number of nitrogens with zero attached hydrogens (tertiary/aromatic N) is 1. The van der Waals surface area contributed by atoms with Crippen molar-refractivity contribution in [2.75, 3.05) is 39.6 Å². The van der Waals surface area contributed by atoms with Crippen LogP contribution in [0.1, 0.15) is 12.5 Å². The van der Waals surface area contributed by atoms with Crippen molar-refractivity contribution >= 4 is 16.9 Å². The number of fused-ring (bicyclic) bond motifs is 1. The molecule has 3 aromatic rings. The van der Waals surface area contributed by atoms with E-state index in [9.17, 15) is 22.8 Å². The minimum Gasteiger partial charge on any atom is -0.475 e. The molecular formula is C26H26F3NO8. The molecule has 0 saturated carbocycles. The molecule has 0 bridgehead atoms. The van der Waals surface area contributed by atoms with Crippen LogP contribution in [0.2, 0.25) is 0 Å². The predicted octanol–water partition coefficient (Wildman–Crippen LogP) is 4.46. The van der Waals surface area contributed by atoms with Crippen LogP contribution in [-0.4, -0.2) is 57.0 Å². The van der Waals surface area contributed by atoms with Crippen molar-refractivity contribution in [3.8, 4) is 22.8 Å². The van der Waals surface area contributed by atoms with Crippen LogP contribution in [0.25, 0.3) is 22.1 Å². The van der Waals surface area contributed by atoms with Crippen molar-refractivity contribution < 1.29 is 46.1 Å². The second-order valence-electron chi connectivity index (χ2n) is 7.68. The molecule has 12 heteroatoms. The first-order valence-electron chi connectivity index (χ1n) is 11.6. The lowest BCUT2D eigenvalue weighted by Crippen LogP contribution is -2.18. The van der Waals surface area contributed by atoms with E-state index >= 15 is 0 Å². The number of esters is 1. The SMILES string of the molecule is C=CC(=O)OCCOCCOCCOc1cc2cc(-c3ccc(CC)c(OC(F)(F)F)c3)c(=O)oc2cn1. The van der Waals surface area contributed by atoms with Gasteiger partial charge in [-0.05, 0) is 29.7 Å². The number of benzene rings is 1. The molecule has 3 rings (SSSR count). The summed E-state index contributed by atoms with van der Waals surface area (Å²) in [6, 6.07) is 7.21. The van der Waals surface area contributed by atoms with E-state index in [2.05, 4.69) is 16.3 Å². The van der Waals surface area contributed by atoms with Crippen LogP contribution in [0.4, 0.5) is 13.2 Å². The third-order valence-corrected chi connectivity index (χ3v) is 5.07. The number of hydrogen-bond acceptors (Lipinski definition) is 9. The number of aromatic nitrogens is 1. The molecule has 0 N–H and O–H groups in total. The van der Waals surface area contributed by atoms with E-state index in [4.69, 9.17) is 23.4 Å². The lowest BCUT2D eigenvalue weighted by atomic mass is 10.0. The fourth-order valence-corrected chi connectivity index (χ4v) is 3.31. The molecule has 1 aromatic carbocycles. The highest BCUT2D eigenvalue weighted by Gasteiger charge is 2.32. The zero-order chi connectivity index (χ0) is 27.5. The largest absolute Gasteiger partial charge is 0.573 e. The molecule has 0 aliphatic heterocycles. The Morgan fingerprint density at radius 1 is 1.05 bits per heavy atom. The van der Waals surface area contributed by atoms with Gasteiger partial charge in [0, 0.05) is 17.5 Å². The first-order chi connectivity index (χ1) is 18.2. The summed E-state index contributed by atoms with van der Waals surface area (Å²) in [5.41, 5.74) is 0.0802. The number of hydrogen-bond donors (Lipinski definition) is 0. The zero-order valence-electron chi connectivity index (χ0n) is 20.5. The Morgan fingerprint density at radius 3 is 2.45 bits per heavy atom. The number of ether oxygens (including phenoxy) is 5. The van der Waals surface area contributed by atoms with E-state index in [0.29, 0.717) is 30.6 Å². The summed E-state index contributed by atoms with van der Waals surface area (Å²) in [5, 5.41) is 0.467. The number of alkyl halides is 3. The van der Waals surface area contributed by atoms with Crippen molar-refractivity contribution in [3.05, 3.63) is 65.2 Å². The summed E-state index contributed by atoms with van der Waals surface area (Å²) in [5.74, 6) is -0.654. The Morgan fingerprint density at radius 2 is 1.76 bits per heavy atom. The Labute approximate surface area is 215 Å². The van der Waals surface area contributed by atoms with E-state index in [-0.39, 0.29) is 54.8 Å². The lowest BCUT2D eigenvalue weighted by Gasteiger charge is -2.14. The number of aryl methyl sites for hydroxylation is 1. The molecule has 0 atom stereocenters. The second kappa shape index (κ2) is 13.6. The van der Waals surface area contributed by atoms with E-state index in [1.807, 2.05) is 0 Å². The molecule has 2 aromatic heterocycles. The van der Waals surface area contributed by atoms with Crippen LogP contribution < -0.4 is 15.1 Å². The van der Waals surface area contributed by atoms with Gasteiger partial charge in [0.1, 0.15) is 19.0 Å². The molecule has 0 unspecified atom stereocenters. The maximum atomic E-state index is 12.8. The van der Waals surface area contributed by atoms with Crippen molar-refractivity contribution in [3.63, 3.8) is 0 Å². The van der Waals surface area contributed by atoms with E-state index < -0.39 is 18.0 Å². The van der Waals surface area contributed by atoms with E-state index in [1.54, 1.807) is 13.0 Å². The molecule has 0 aliphatic rings. The fourth-order valence-electron chi connectivity index (χ4n) is 3.31. The molecule has 0 fully saturated rings. The first kappa shape index (κ1) is 28.7. The monoisotopic (exact) mass is 537 g/mol. The highest BCUT2D eigenvalue weighted by Crippen LogP contribution is 2.32. The van der Waals surface area contributed by atoms with Crippen LogP contribution in [0.15, 0.2) is 58.4 Å². The molecule has 204 valence electrons. The van der Waals surface area contributed by atoms with E-state index in [0.717, 1.165) is 12.1 Å². The van der Waals surface area contributed by atoms with Gasteiger partial charge in [-0.25, -0.2) is 14.6 Å². The van der Waals surface area contributed by atoms with Crippen LogP contribution in [-0.2, 0) is 25.4 Å². The first-order valence-corrected chi connectivity index (χ1v) is 11.6. The standard InChI is InChI=1S/C26H26F3NO8/c1-3-17-5-6-18(14-21(17)38-26(27,28)29)20-13-19-15-23(30-16-22(19)37-25(20)32)35-11-9-33-7-8-34-10-12-36-24(31)4-2/h4-6,13-16H,2-3,7-12H2,1H3. The summed E-state index contributed by atoms with van der Waals surface area (Å²) in [6.45, 7) is 6.36. The summed E-state index contributed by atoms with van der Waals surface area (Å²) in [7, 11) is 0. The molecule has 0 aliphatic carbocycles. The number of pyridine rings is 1. The third kappa shape index (κ3) is 8.60.